The van der Waals surface area contributed by atoms with E-state index in [1.807, 2.05) is 24.3 Å². The molecule has 1 aliphatic rings. The van der Waals surface area contributed by atoms with E-state index >= 15 is 0 Å². The summed E-state index contributed by atoms with van der Waals surface area (Å²) in [5.74, 6) is -0.585. The van der Waals surface area contributed by atoms with Gasteiger partial charge < -0.3 is 20.4 Å². The molecule has 0 bridgehead atoms. The van der Waals surface area contributed by atoms with Gasteiger partial charge in [0.15, 0.2) is 0 Å². The van der Waals surface area contributed by atoms with Gasteiger partial charge in [-0.1, -0.05) is 24.3 Å². The Balaban J connectivity index is 1.81. The van der Waals surface area contributed by atoms with Crippen LogP contribution in [-0.4, -0.2) is 52.7 Å². The molecular formula is C17H24N2O4. The highest BCUT2D eigenvalue weighted by molar-refractivity contribution is 5.87. The third-order valence-corrected chi connectivity index (χ3v) is 4.00. The van der Waals surface area contributed by atoms with E-state index in [0.29, 0.717) is 25.9 Å². The first-order valence-corrected chi connectivity index (χ1v) is 8.02. The van der Waals surface area contributed by atoms with Gasteiger partial charge in [-0.25, -0.2) is 0 Å². The zero-order valence-electron chi connectivity index (χ0n) is 13.2. The highest BCUT2D eigenvalue weighted by Gasteiger charge is 2.26. The van der Waals surface area contributed by atoms with E-state index in [1.54, 1.807) is 0 Å². The van der Waals surface area contributed by atoms with E-state index in [1.165, 1.54) is 4.90 Å². The molecule has 0 aliphatic carbocycles. The van der Waals surface area contributed by atoms with Crippen molar-refractivity contribution in [3.63, 3.8) is 0 Å². The van der Waals surface area contributed by atoms with Gasteiger partial charge in [-0.2, -0.15) is 0 Å². The zero-order chi connectivity index (χ0) is 16.7. The molecule has 1 fully saturated rings. The number of benzene rings is 1. The molecule has 0 spiro atoms. The molecule has 1 atom stereocenters. The lowest BCUT2D eigenvalue weighted by Crippen LogP contribution is -2.44. The molecule has 126 valence electrons. The molecule has 6 heteroatoms. The summed E-state index contributed by atoms with van der Waals surface area (Å²) in [6.45, 7) is 1.01. The maximum absolute atomic E-state index is 12.0. The molecule has 0 aromatic heterocycles. The fourth-order valence-electron chi connectivity index (χ4n) is 2.62. The minimum Gasteiger partial charge on any atom is -0.396 e. The van der Waals surface area contributed by atoms with Crippen LogP contribution in [0.2, 0.25) is 0 Å². The van der Waals surface area contributed by atoms with Crippen LogP contribution in [0.15, 0.2) is 24.3 Å². The lowest BCUT2D eigenvalue weighted by atomic mass is 10.1. The van der Waals surface area contributed by atoms with Gasteiger partial charge >= 0.3 is 0 Å². The van der Waals surface area contributed by atoms with Gasteiger partial charge in [-0.05, 0) is 36.8 Å². The van der Waals surface area contributed by atoms with Crippen molar-refractivity contribution in [2.75, 3.05) is 19.7 Å². The molecule has 0 saturated carbocycles. The van der Waals surface area contributed by atoms with E-state index in [2.05, 4.69) is 5.32 Å². The Hall–Kier alpha value is -1.92. The maximum Gasteiger partial charge on any atom is 0.251 e. The first-order chi connectivity index (χ1) is 11.1. The molecule has 1 unspecified atom stereocenters. The van der Waals surface area contributed by atoms with Crippen molar-refractivity contribution in [2.45, 2.75) is 38.3 Å². The number of carbonyl (C=O) groups is 2. The van der Waals surface area contributed by atoms with E-state index in [-0.39, 0.29) is 25.0 Å². The summed E-state index contributed by atoms with van der Waals surface area (Å²) in [5, 5.41) is 21.3. The molecule has 3 N–H and O–H groups in total. The van der Waals surface area contributed by atoms with Crippen LogP contribution < -0.4 is 5.32 Å². The van der Waals surface area contributed by atoms with Gasteiger partial charge in [0.2, 0.25) is 5.91 Å². The lowest BCUT2D eigenvalue weighted by Gasteiger charge is -2.21. The predicted molar refractivity (Wildman–Crippen MR) is 85.5 cm³/mol. The van der Waals surface area contributed by atoms with Crippen LogP contribution in [0.3, 0.4) is 0 Å². The quantitative estimate of drug-likeness (QED) is 0.699. The second kappa shape index (κ2) is 8.64. The van der Waals surface area contributed by atoms with Crippen LogP contribution in [0, 0.1) is 0 Å². The van der Waals surface area contributed by atoms with E-state index in [0.717, 1.165) is 24.0 Å². The fraction of sp³-hybridized carbons (Fsp3) is 0.529. The lowest BCUT2D eigenvalue weighted by molar-refractivity contribution is -0.142. The number of nitrogens with zero attached hydrogens (tertiary/aromatic N) is 1. The number of aliphatic hydroxyl groups excluding tert-OH is 2. The third-order valence-electron chi connectivity index (χ3n) is 4.00. The summed E-state index contributed by atoms with van der Waals surface area (Å²) in [5.41, 5.74) is 2.01. The SMILES string of the molecule is O=C(CN1CCCCC(O)C1=O)NCc1ccc(CCO)cc1. The van der Waals surface area contributed by atoms with Crippen molar-refractivity contribution in [3.8, 4) is 0 Å². The van der Waals surface area contributed by atoms with Crippen LogP contribution in [0.4, 0.5) is 0 Å². The largest absolute Gasteiger partial charge is 0.396 e. The number of rotatable bonds is 6. The molecule has 1 heterocycles. The average molecular weight is 320 g/mol. The normalized spacial score (nSPS) is 18.6. The number of carbonyl (C=O) groups excluding carboxylic acids is 2. The second-order valence-electron chi connectivity index (χ2n) is 5.84. The number of hydrogen-bond acceptors (Lipinski definition) is 4. The summed E-state index contributed by atoms with van der Waals surface area (Å²) < 4.78 is 0. The van der Waals surface area contributed by atoms with Gasteiger partial charge in [0.1, 0.15) is 6.10 Å². The first kappa shape index (κ1) is 17.4. The molecule has 0 radical (unpaired) electrons. The summed E-state index contributed by atoms with van der Waals surface area (Å²) in [7, 11) is 0. The second-order valence-corrected chi connectivity index (χ2v) is 5.84. The number of hydrogen-bond donors (Lipinski definition) is 3. The number of likely N-dealkylation sites (tertiary alicyclic amines) is 1. The Morgan fingerprint density at radius 3 is 2.61 bits per heavy atom. The molecule has 2 amide bonds. The first-order valence-electron chi connectivity index (χ1n) is 8.02. The van der Waals surface area contributed by atoms with Gasteiger partial charge in [0.05, 0.1) is 6.54 Å². The highest BCUT2D eigenvalue weighted by Crippen LogP contribution is 2.11. The summed E-state index contributed by atoms with van der Waals surface area (Å²) in [6, 6.07) is 7.66. The van der Waals surface area contributed by atoms with Crippen molar-refractivity contribution < 1.29 is 19.8 Å². The van der Waals surface area contributed by atoms with Gasteiger partial charge in [0.25, 0.3) is 5.91 Å². The van der Waals surface area contributed by atoms with Crippen LogP contribution in [0.25, 0.3) is 0 Å². The number of nitrogens with one attached hydrogen (secondary N) is 1. The smallest absolute Gasteiger partial charge is 0.251 e. The standard InChI is InChI=1S/C17H24N2O4/c20-10-8-13-4-6-14(7-5-13)11-18-16(22)12-19-9-2-1-3-15(21)17(19)23/h4-7,15,20-21H,1-3,8-12H2,(H,18,22). The Bertz CT molecular complexity index is 530. The summed E-state index contributed by atoms with van der Waals surface area (Å²) in [4.78, 5) is 25.4. The van der Waals surface area contributed by atoms with E-state index in [4.69, 9.17) is 5.11 Å². The molecular weight excluding hydrogens is 296 g/mol. The molecule has 1 aromatic rings. The third kappa shape index (κ3) is 5.33. The minimum atomic E-state index is -0.982. The van der Waals surface area contributed by atoms with Crippen molar-refractivity contribution >= 4 is 11.8 Å². The van der Waals surface area contributed by atoms with Crippen molar-refractivity contribution in [1.29, 1.82) is 0 Å². The molecule has 1 aromatic carbocycles. The number of amides is 2. The Morgan fingerprint density at radius 2 is 1.91 bits per heavy atom. The molecule has 2 rings (SSSR count). The van der Waals surface area contributed by atoms with Crippen LogP contribution in [0.5, 0.6) is 0 Å². The Labute approximate surface area is 136 Å². The highest BCUT2D eigenvalue weighted by atomic mass is 16.3. The molecule has 1 aliphatic heterocycles. The van der Waals surface area contributed by atoms with E-state index < -0.39 is 6.10 Å². The number of aliphatic hydroxyl groups is 2. The Kier molecular flexibility index (Phi) is 6.55. The van der Waals surface area contributed by atoms with Crippen molar-refractivity contribution in [3.05, 3.63) is 35.4 Å². The average Bonchev–Trinajstić information content (AvgIpc) is 2.70. The molecule has 1 saturated heterocycles. The monoisotopic (exact) mass is 320 g/mol. The van der Waals surface area contributed by atoms with Crippen LogP contribution in [0.1, 0.15) is 30.4 Å². The maximum atomic E-state index is 12.0. The van der Waals surface area contributed by atoms with Crippen LogP contribution in [-0.2, 0) is 22.6 Å². The zero-order valence-corrected chi connectivity index (χ0v) is 13.2. The predicted octanol–water partition coefficient (Wildman–Crippen LogP) is 0.211. The van der Waals surface area contributed by atoms with Crippen molar-refractivity contribution in [2.24, 2.45) is 0 Å². The van der Waals surface area contributed by atoms with Crippen molar-refractivity contribution in [1.82, 2.24) is 10.2 Å². The fourth-order valence-corrected chi connectivity index (χ4v) is 2.62. The Morgan fingerprint density at radius 1 is 1.22 bits per heavy atom. The van der Waals surface area contributed by atoms with Crippen LogP contribution >= 0.6 is 0 Å². The molecule has 6 nitrogen and oxygen atoms in total. The van der Waals surface area contributed by atoms with Gasteiger partial charge in [-0.3, -0.25) is 9.59 Å². The summed E-state index contributed by atoms with van der Waals surface area (Å²) in [6.07, 6.45) is 1.71. The van der Waals surface area contributed by atoms with E-state index in [9.17, 15) is 14.7 Å². The van der Waals surface area contributed by atoms with Gasteiger partial charge in [0, 0.05) is 19.7 Å². The molecule has 23 heavy (non-hydrogen) atoms. The topological polar surface area (TPSA) is 89.9 Å². The van der Waals surface area contributed by atoms with Gasteiger partial charge in [-0.15, -0.1) is 0 Å². The minimum absolute atomic E-state index is 0.0154. The summed E-state index contributed by atoms with van der Waals surface area (Å²) >= 11 is 0.